The van der Waals surface area contributed by atoms with Crippen LogP contribution in [0.4, 0.5) is 0 Å². The lowest BCUT2D eigenvalue weighted by Crippen LogP contribution is -2.27. The van der Waals surface area contributed by atoms with Gasteiger partial charge < -0.3 is 10.6 Å². The fourth-order valence-corrected chi connectivity index (χ4v) is 1.76. The number of rotatable bonds is 8. The molecule has 0 bridgehead atoms. The average Bonchev–Trinajstić information content (AvgIpc) is 2.48. The van der Waals surface area contributed by atoms with Gasteiger partial charge >= 0.3 is 0 Å². The number of nitriles is 1. The zero-order valence-corrected chi connectivity index (χ0v) is 12.7. The summed E-state index contributed by atoms with van der Waals surface area (Å²) in [5, 5.41) is 14.8. The second kappa shape index (κ2) is 9.60. The quantitative estimate of drug-likeness (QED) is 0.438. The summed E-state index contributed by atoms with van der Waals surface area (Å²) in [4.78, 5) is 11.9. The molecule has 0 aliphatic heterocycles. The van der Waals surface area contributed by atoms with Gasteiger partial charge in [0.15, 0.2) is 0 Å². The summed E-state index contributed by atoms with van der Waals surface area (Å²) in [6.07, 6.45) is 3.26. The Kier molecular flexibility index (Phi) is 7.67. The molecule has 21 heavy (non-hydrogen) atoms. The van der Waals surface area contributed by atoms with E-state index in [1.54, 1.807) is 0 Å². The summed E-state index contributed by atoms with van der Waals surface area (Å²) in [5.41, 5.74) is 1.28. The van der Waals surface area contributed by atoms with Crippen LogP contribution in [0, 0.1) is 17.2 Å². The van der Waals surface area contributed by atoms with Gasteiger partial charge in [-0.15, -0.1) is 0 Å². The van der Waals surface area contributed by atoms with Crippen molar-refractivity contribution in [1.82, 2.24) is 10.6 Å². The monoisotopic (exact) mass is 285 g/mol. The third kappa shape index (κ3) is 7.17. The molecule has 1 aromatic rings. The maximum atomic E-state index is 11.9. The standard InChI is InChI=1S/C17H23N3O/c1-14(2)8-10-19-13-16(12-18)17(21)20-11-9-15-6-4-3-5-7-15/h3-7,13-14,19H,8-11H2,1-2H3,(H,20,21)/b16-13-. The number of hydrogen-bond donors (Lipinski definition) is 2. The van der Waals surface area contributed by atoms with Gasteiger partial charge in [-0.3, -0.25) is 4.79 Å². The number of benzene rings is 1. The lowest BCUT2D eigenvalue weighted by molar-refractivity contribution is -0.117. The third-order valence-electron chi connectivity index (χ3n) is 3.02. The highest BCUT2D eigenvalue weighted by molar-refractivity contribution is 5.97. The highest BCUT2D eigenvalue weighted by atomic mass is 16.1. The van der Waals surface area contributed by atoms with Crippen molar-refractivity contribution in [3.05, 3.63) is 47.7 Å². The van der Waals surface area contributed by atoms with Crippen molar-refractivity contribution in [3.63, 3.8) is 0 Å². The molecule has 112 valence electrons. The van der Waals surface area contributed by atoms with Crippen LogP contribution in [0.1, 0.15) is 25.8 Å². The Morgan fingerprint density at radius 3 is 2.62 bits per heavy atom. The first-order chi connectivity index (χ1) is 10.1. The van der Waals surface area contributed by atoms with Crippen LogP contribution in [0.3, 0.4) is 0 Å². The van der Waals surface area contributed by atoms with Crippen molar-refractivity contribution in [2.45, 2.75) is 26.7 Å². The van der Waals surface area contributed by atoms with Crippen molar-refractivity contribution in [3.8, 4) is 6.07 Å². The molecule has 0 aliphatic carbocycles. The van der Waals surface area contributed by atoms with Crippen molar-refractivity contribution in [2.75, 3.05) is 13.1 Å². The maximum absolute atomic E-state index is 11.9. The van der Waals surface area contributed by atoms with Crippen molar-refractivity contribution in [1.29, 1.82) is 5.26 Å². The molecule has 0 radical (unpaired) electrons. The highest BCUT2D eigenvalue weighted by Crippen LogP contribution is 1.99. The smallest absolute Gasteiger partial charge is 0.263 e. The second-order valence-electron chi connectivity index (χ2n) is 5.30. The summed E-state index contributed by atoms with van der Waals surface area (Å²) in [6.45, 7) is 5.55. The van der Waals surface area contributed by atoms with Gasteiger partial charge in [-0.1, -0.05) is 44.2 Å². The molecule has 1 rings (SSSR count). The Hall–Kier alpha value is -2.28. The van der Waals surface area contributed by atoms with Crippen molar-refractivity contribution < 1.29 is 4.79 Å². The number of hydrogen-bond acceptors (Lipinski definition) is 3. The van der Waals surface area contributed by atoms with E-state index in [9.17, 15) is 4.79 Å². The second-order valence-corrected chi connectivity index (χ2v) is 5.30. The predicted molar refractivity (Wildman–Crippen MR) is 84.3 cm³/mol. The first kappa shape index (κ1) is 16.8. The molecule has 0 unspecified atom stereocenters. The van der Waals surface area contributed by atoms with Crippen LogP contribution in [0.15, 0.2) is 42.1 Å². The topological polar surface area (TPSA) is 64.9 Å². The van der Waals surface area contributed by atoms with Crippen LogP contribution in [-0.4, -0.2) is 19.0 Å². The van der Waals surface area contributed by atoms with Gasteiger partial charge in [0.25, 0.3) is 5.91 Å². The number of amides is 1. The molecule has 0 atom stereocenters. The van der Waals surface area contributed by atoms with Gasteiger partial charge in [-0.2, -0.15) is 5.26 Å². The number of nitrogens with one attached hydrogen (secondary N) is 2. The van der Waals surface area contributed by atoms with Crippen molar-refractivity contribution >= 4 is 5.91 Å². The molecule has 1 amide bonds. The van der Waals surface area contributed by atoms with Gasteiger partial charge in [0.05, 0.1) is 0 Å². The highest BCUT2D eigenvalue weighted by Gasteiger charge is 2.07. The molecule has 4 nitrogen and oxygen atoms in total. The van der Waals surface area contributed by atoms with Gasteiger partial charge in [-0.25, -0.2) is 0 Å². The maximum Gasteiger partial charge on any atom is 0.263 e. The average molecular weight is 285 g/mol. The molecule has 0 saturated carbocycles. The molecule has 0 fully saturated rings. The van der Waals surface area contributed by atoms with Crippen LogP contribution in [0.5, 0.6) is 0 Å². The molecule has 1 aromatic carbocycles. The van der Waals surface area contributed by atoms with E-state index in [2.05, 4.69) is 24.5 Å². The fraction of sp³-hybridized carbons (Fsp3) is 0.412. The minimum atomic E-state index is -0.328. The number of carbonyl (C=O) groups excluding carboxylic acids is 1. The number of nitrogens with zero attached hydrogens (tertiary/aromatic N) is 1. The fourth-order valence-electron chi connectivity index (χ4n) is 1.76. The van der Waals surface area contributed by atoms with Gasteiger partial charge in [-0.05, 0) is 24.3 Å². The summed E-state index contributed by atoms with van der Waals surface area (Å²) < 4.78 is 0. The SMILES string of the molecule is CC(C)CCN/C=C(/C#N)C(=O)NCCc1ccccc1. The molecule has 0 heterocycles. The predicted octanol–water partition coefficient (Wildman–Crippen LogP) is 2.39. The molecule has 2 N–H and O–H groups in total. The molecule has 0 spiro atoms. The Morgan fingerprint density at radius 2 is 2.00 bits per heavy atom. The molecular weight excluding hydrogens is 262 g/mol. The minimum Gasteiger partial charge on any atom is -0.390 e. The molecule has 4 heteroatoms. The zero-order valence-electron chi connectivity index (χ0n) is 12.7. The first-order valence-corrected chi connectivity index (χ1v) is 7.29. The summed E-state index contributed by atoms with van der Waals surface area (Å²) in [7, 11) is 0. The molecule has 0 saturated heterocycles. The van der Waals surface area contributed by atoms with E-state index in [1.165, 1.54) is 6.20 Å². The van der Waals surface area contributed by atoms with E-state index in [4.69, 9.17) is 5.26 Å². The van der Waals surface area contributed by atoms with Crippen LogP contribution in [0.2, 0.25) is 0 Å². The van der Waals surface area contributed by atoms with E-state index in [1.807, 2.05) is 36.4 Å². The third-order valence-corrected chi connectivity index (χ3v) is 3.02. The Labute approximate surface area is 126 Å². The minimum absolute atomic E-state index is 0.117. The largest absolute Gasteiger partial charge is 0.390 e. The van der Waals surface area contributed by atoms with E-state index in [0.717, 1.165) is 24.9 Å². The molecule has 0 aromatic heterocycles. The van der Waals surface area contributed by atoms with Gasteiger partial charge in [0.2, 0.25) is 0 Å². The summed E-state index contributed by atoms with van der Waals surface area (Å²) in [5.74, 6) is 0.265. The van der Waals surface area contributed by atoms with Gasteiger partial charge in [0, 0.05) is 19.3 Å². The van der Waals surface area contributed by atoms with Gasteiger partial charge in [0.1, 0.15) is 11.6 Å². The molecule has 0 aliphatic rings. The van der Waals surface area contributed by atoms with E-state index in [0.29, 0.717) is 12.5 Å². The summed E-state index contributed by atoms with van der Waals surface area (Å²) >= 11 is 0. The first-order valence-electron chi connectivity index (χ1n) is 7.29. The van der Waals surface area contributed by atoms with E-state index in [-0.39, 0.29) is 11.5 Å². The summed E-state index contributed by atoms with van der Waals surface area (Å²) in [6, 6.07) is 11.9. The number of carbonyl (C=O) groups is 1. The Bertz CT molecular complexity index is 501. The van der Waals surface area contributed by atoms with E-state index < -0.39 is 0 Å². The van der Waals surface area contributed by atoms with Crippen LogP contribution in [0.25, 0.3) is 0 Å². The Balaban J connectivity index is 2.34. The Morgan fingerprint density at radius 1 is 1.29 bits per heavy atom. The van der Waals surface area contributed by atoms with Crippen molar-refractivity contribution in [2.24, 2.45) is 5.92 Å². The van der Waals surface area contributed by atoms with E-state index >= 15 is 0 Å². The van der Waals surface area contributed by atoms with Crippen LogP contribution < -0.4 is 10.6 Å². The zero-order chi connectivity index (χ0) is 15.5. The lowest BCUT2D eigenvalue weighted by atomic mass is 10.1. The lowest BCUT2D eigenvalue weighted by Gasteiger charge is -2.06. The van der Waals surface area contributed by atoms with Crippen LogP contribution >= 0.6 is 0 Å². The molecular formula is C17H23N3O. The normalized spacial score (nSPS) is 11.0. The van der Waals surface area contributed by atoms with Crippen LogP contribution in [-0.2, 0) is 11.2 Å².